The van der Waals surface area contributed by atoms with Crippen molar-refractivity contribution in [2.24, 2.45) is 0 Å². The van der Waals surface area contributed by atoms with E-state index in [1.807, 2.05) is 12.1 Å². The second-order valence-corrected chi connectivity index (χ2v) is 6.47. The molecule has 7 heteroatoms. The predicted octanol–water partition coefficient (Wildman–Crippen LogP) is 2.51. The van der Waals surface area contributed by atoms with Crippen LogP contribution in [0.15, 0.2) is 54.9 Å². The molecule has 4 rings (SSSR count). The number of ether oxygens (including phenoxy) is 1. The summed E-state index contributed by atoms with van der Waals surface area (Å²) in [5, 5.41) is 9.53. The largest absolute Gasteiger partial charge is 0.423 e. The number of amides is 1. The summed E-state index contributed by atoms with van der Waals surface area (Å²) in [7, 11) is 0. The SMILES string of the molecule is O=C(NC1CC1)c1cccc(OC(=O)c2ccc(Cc3ncn[nH]3)cc2)c1. The Hall–Kier alpha value is -3.48. The summed E-state index contributed by atoms with van der Waals surface area (Å²) in [6, 6.07) is 14.0. The minimum absolute atomic E-state index is 0.146. The van der Waals surface area contributed by atoms with E-state index in [0.717, 1.165) is 24.2 Å². The number of aromatic amines is 1. The third-order valence-corrected chi connectivity index (χ3v) is 4.25. The minimum atomic E-state index is -0.471. The van der Waals surface area contributed by atoms with E-state index in [1.165, 1.54) is 6.33 Å². The van der Waals surface area contributed by atoms with Crippen molar-refractivity contribution < 1.29 is 14.3 Å². The molecule has 1 aromatic heterocycles. The highest BCUT2D eigenvalue weighted by molar-refractivity contribution is 5.95. The van der Waals surface area contributed by atoms with Crippen LogP contribution in [0, 0.1) is 0 Å². The molecule has 1 heterocycles. The molecular formula is C20H18N4O3. The molecule has 1 amide bonds. The number of esters is 1. The van der Waals surface area contributed by atoms with Gasteiger partial charge < -0.3 is 10.1 Å². The van der Waals surface area contributed by atoms with Gasteiger partial charge in [-0.05, 0) is 48.7 Å². The Labute approximate surface area is 155 Å². The van der Waals surface area contributed by atoms with E-state index in [4.69, 9.17) is 4.74 Å². The number of nitrogens with zero attached hydrogens (tertiary/aromatic N) is 2. The number of aromatic nitrogens is 3. The average molecular weight is 362 g/mol. The molecule has 0 unspecified atom stereocenters. The third kappa shape index (κ3) is 4.38. The summed E-state index contributed by atoms with van der Waals surface area (Å²) in [5.74, 6) is 0.480. The summed E-state index contributed by atoms with van der Waals surface area (Å²) < 4.78 is 5.41. The normalized spacial score (nSPS) is 13.2. The van der Waals surface area contributed by atoms with E-state index < -0.39 is 5.97 Å². The quantitative estimate of drug-likeness (QED) is 0.519. The molecule has 1 fully saturated rings. The van der Waals surface area contributed by atoms with Gasteiger partial charge in [-0.25, -0.2) is 9.78 Å². The van der Waals surface area contributed by atoms with Crippen LogP contribution in [0.25, 0.3) is 0 Å². The lowest BCUT2D eigenvalue weighted by Crippen LogP contribution is -2.25. The molecule has 0 spiro atoms. The van der Waals surface area contributed by atoms with Gasteiger partial charge in [0.1, 0.15) is 17.9 Å². The monoisotopic (exact) mass is 362 g/mol. The molecular weight excluding hydrogens is 344 g/mol. The van der Waals surface area contributed by atoms with E-state index in [-0.39, 0.29) is 11.9 Å². The first-order chi connectivity index (χ1) is 13.2. The van der Waals surface area contributed by atoms with Gasteiger partial charge in [0.15, 0.2) is 0 Å². The van der Waals surface area contributed by atoms with Crippen LogP contribution >= 0.6 is 0 Å². The van der Waals surface area contributed by atoms with Crippen LogP contribution in [0.4, 0.5) is 0 Å². The summed E-state index contributed by atoms with van der Waals surface area (Å²) in [5.41, 5.74) is 1.92. The third-order valence-electron chi connectivity index (χ3n) is 4.25. The van der Waals surface area contributed by atoms with Crippen LogP contribution in [-0.2, 0) is 6.42 Å². The lowest BCUT2D eigenvalue weighted by atomic mass is 10.1. The Balaban J connectivity index is 1.40. The zero-order chi connectivity index (χ0) is 18.6. The van der Waals surface area contributed by atoms with Crippen LogP contribution in [0.1, 0.15) is 44.9 Å². The van der Waals surface area contributed by atoms with Crippen molar-refractivity contribution in [2.75, 3.05) is 0 Å². The fourth-order valence-electron chi connectivity index (χ4n) is 2.63. The van der Waals surface area contributed by atoms with E-state index in [9.17, 15) is 9.59 Å². The second kappa shape index (κ2) is 7.41. The van der Waals surface area contributed by atoms with E-state index in [0.29, 0.717) is 23.3 Å². The molecule has 0 aliphatic heterocycles. The number of carbonyl (C=O) groups is 2. The van der Waals surface area contributed by atoms with Crippen LogP contribution in [0.3, 0.4) is 0 Å². The van der Waals surface area contributed by atoms with Crippen LogP contribution in [-0.4, -0.2) is 33.1 Å². The van der Waals surface area contributed by atoms with E-state index in [1.54, 1.807) is 36.4 Å². The predicted molar refractivity (Wildman–Crippen MR) is 97.5 cm³/mol. The second-order valence-electron chi connectivity index (χ2n) is 6.47. The van der Waals surface area contributed by atoms with Crippen molar-refractivity contribution >= 4 is 11.9 Å². The van der Waals surface area contributed by atoms with E-state index in [2.05, 4.69) is 20.5 Å². The topological polar surface area (TPSA) is 97.0 Å². The lowest BCUT2D eigenvalue weighted by molar-refractivity contribution is 0.0733. The van der Waals surface area contributed by atoms with Gasteiger partial charge in [0.25, 0.3) is 5.91 Å². The molecule has 0 saturated heterocycles. The van der Waals surface area contributed by atoms with Gasteiger partial charge in [0.2, 0.25) is 0 Å². The van der Waals surface area contributed by atoms with Crippen molar-refractivity contribution in [2.45, 2.75) is 25.3 Å². The zero-order valence-electron chi connectivity index (χ0n) is 14.5. The number of nitrogens with one attached hydrogen (secondary N) is 2. The first kappa shape index (κ1) is 17.0. The molecule has 0 bridgehead atoms. The van der Waals surface area contributed by atoms with Crippen LogP contribution in [0.2, 0.25) is 0 Å². The Morgan fingerprint density at radius 3 is 2.63 bits per heavy atom. The number of benzene rings is 2. The summed E-state index contributed by atoms with van der Waals surface area (Å²) in [6.07, 6.45) is 4.10. The van der Waals surface area contributed by atoms with E-state index >= 15 is 0 Å². The number of hydrogen-bond acceptors (Lipinski definition) is 5. The first-order valence-electron chi connectivity index (χ1n) is 8.74. The highest BCUT2D eigenvalue weighted by Crippen LogP contribution is 2.21. The summed E-state index contributed by atoms with van der Waals surface area (Å²) in [6.45, 7) is 0. The molecule has 0 atom stereocenters. The van der Waals surface area contributed by atoms with Gasteiger partial charge >= 0.3 is 5.97 Å². The maximum absolute atomic E-state index is 12.4. The minimum Gasteiger partial charge on any atom is -0.423 e. The van der Waals surface area contributed by atoms with Crippen LogP contribution in [0.5, 0.6) is 5.75 Å². The molecule has 1 aliphatic rings. The molecule has 1 saturated carbocycles. The smallest absolute Gasteiger partial charge is 0.343 e. The van der Waals surface area contributed by atoms with Gasteiger partial charge in [-0.2, -0.15) is 5.10 Å². The molecule has 7 nitrogen and oxygen atoms in total. The number of carbonyl (C=O) groups excluding carboxylic acids is 2. The van der Waals surface area contributed by atoms with Crippen LogP contribution < -0.4 is 10.1 Å². The van der Waals surface area contributed by atoms with Crippen molar-refractivity contribution in [1.29, 1.82) is 0 Å². The van der Waals surface area contributed by atoms with Crippen molar-refractivity contribution in [1.82, 2.24) is 20.5 Å². The Morgan fingerprint density at radius 2 is 1.93 bits per heavy atom. The fraction of sp³-hybridized carbons (Fsp3) is 0.200. The van der Waals surface area contributed by atoms with Gasteiger partial charge in [-0.1, -0.05) is 18.2 Å². The Kier molecular flexibility index (Phi) is 4.65. The molecule has 2 aromatic carbocycles. The van der Waals surface area contributed by atoms with Gasteiger partial charge in [-0.15, -0.1) is 0 Å². The highest BCUT2D eigenvalue weighted by Gasteiger charge is 2.24. The van der Waals surface area contributed by atoms with Gasteiger partial charge in [0, 0.05) is 18.0 Å². The number of hydrogen-bond donors (Lipinski definition) is 2. The standard InChI is InChI=1S/C20H18N4O3/c25-19(23-16-8-9-16)15-2-1-3-17(11-15)27-20(26)14-6-4-13(5-7-14)10-18-21-12-22-24-18/h1-7,11-12,16H,8-10H2,(H,23,25)(H,21,22,24). The number of H-pyrrole nitrogens is 1. The average Bonchev–Trinajstić information content (AvgIpc) is 3.35. The Bertz CT molecular complexity index is 948. The molecule has 3 aromatic rings. The molecule has 136 valence electrons. The Morgan fingerprint density at radius 1 is 1.11 bits per heavy atom. The van der Waals surface area contributed by atoms with Crippen molar-refractivity contribution in [3.8, 4) is 5.75 Å². The maximum Gasteiger partial charge on any atom is 0.343 e. The van der Waals surface area contributed by atoms with Gasteiger partial charge in [0.05, 0.1) is 5.56 Å². The molecule has 1 aliphatic carbocycles. The fourth-order valence-corrected chi connectivity index (χ4v) is 2.63. The maximum atomic E-state index is 12.4. The summed E-state index contributed by atoms with van der Waals surface area (Å²) >= 11 is 0. The first-order valence-corrected chi connectivity index (χ1v) is 8.74. The molecule has 2 N–H and O–H groups in total. The lowest BCUT2D eigenvalue weighted by Gasteiger charge is -2.08. The van der Waals surface area contributed by atoms with Crippen molar-refractivity contribution in [3.63, 3.8) is 0 Å². The molecule has 0 radical (unpaired) electrons. The number of rotatable bonds is 6. The highest BCUT2D eigenvalue weighted by atomic mass is 16.5. The zero-order valence-corrected chi connectivity index (χ0v) is 14.5. The van der Waals surface area contributed by atoms with Gasteiger partial charge in [-0.3, -0.25) is 9.89 Å². The molecule has 27 heavy (non-hydrogen) atoms. The summed E-state index contributed by atoms with van der Waals surface area (Å²) in [4.78, 5) is 28.5. The van der Waals surface area contributed by atoms with Crippen molar-refractivity contribution in [3.05, 3.63) is 77.4 Å².